The molecular weight excluding hydrogens is 190 g/mol. The summed E-state index contributed by atoms with van der Waals surface area (Å²) in [6, 6.07) is 7.73. The van der Waals surface area contributed by atoms with Gasteiger partial charge in [-0.25, -0.2) is 0 Å². The van der Waals surface area contributed by atoms with Gasteiger partial charge in [-0.15, -0.1) is 0 Å². The molecule has 0 fully saturated rings. The Labute approximate surface area is 90.9 Å². The maximum absolute atomic E-state index is 9.49. The van der Waals surface area contributed by atoms with E-state index in [0.717, 1.165) is 11.3 Å². The number of benzene rings is 1. The van der Waals surface area contributed by atoms with Gasteiger partial charge in [-0.2, -0.15) is 0 Å². The van der Waals surface area contributed by atoms with Crippen LogP contribution >= 0.6 is 0 Å². The van der Waals surface area contributed by atoms with Gasteiger partial charge in [0.2, 0.25) is 0 Å². The fourth-order valence-corrected chi connectivity index (χ4v) is 1.38. The second kappa shape index (κ2) is 5.73. The van der Waals surface area contributed by atoms with Crippen LogP contribution in [0.2, 0.25) is 0 Å². The molecule has 1 aromatic carbocycles. The van der Waals surface area contributed by atoms with Crippen LogP contribution in [0.5, 0.6) is 5.75 Å². The highest BCUT2D eigenvalue weighted by molar-refractivity contribution is 5.34. The molecule has 0 saturated carbocycles. The highest BCUT2D eigenvalue weighted by atomic mass is 16.5. The van der Waals surface area contributed by atoms with Crippen molar-refractivity contribution in [1.29, 1.82) is 0 Å². The summed E-state index contributed by atoms with van der Waals surface area (Å²) in [5, 5.41) is 9.49. The first kappa shape index (κ1) is 12.0. The van der Waals surface area contributed by atoms with Crippen LogP contribution < -0.4 is 10.5 Å². The van der Waals surface area contributed by atoms with Gasteiger partial charge in [-0.05, 0) is 25.5 Å². The van der Waals surface area contributed by atoms with E-state index in [0.29, 0.717) is 6.42 Å². The molecule has 0 saturated heterocycles. The van der Waals surface area contributed by atoms with E-state index >= 15 is 0 Å². The van der Waals surface area contributed by atoms with Gasteiger partial charge in [0.25, 0.3) is 0 Å². The van der Waals surface area contributed by atoms with E-state index in [-0.39, 0.29) is 12.6 Å². The Hall–Kier alpha value is -1.06. The van der Waals surface area contributed by atoms with Crippen LogP contribution in [0.15, 0.2) is 24.3 Å². The van der Waals surface area contributed by atoms with Crippen LogP contribution in [0, 0.1) is 0 Å². The Bertz CT molecular complexity index is 299. The zero-order valence-electron chi connectivity index (χ0n) is 9.31. The SMILES string of the molecule is CC(C)Oc1ccccc1CC(O)CN. The number of ether oxygens (including phenoxy) is 1. The normalized spacial score (nSPS) is 12.9. The van der Waals surface area contributed by atoms with Crippen LogP contribution in [0.1, 0.15) is 19.4 Å². The zero-order chi connectivity index (χ0) is 11.3. The van der Waals surface area contributed by atoms with Crippen LogP contribution in [0.4, 0.5) is 0 Å². The lowest BCUT2D eigenvalue weighted by Crippen LogP contribution is -2.22. The second-order valence-corrected chi connectivity index (χ2v) is 3.87. The average Bonchev–Trinajstić information content (AvgIpc) is 2.20. The monoisotopic (exact) mass is 209 g/mol. The third-order valence-electron chi connectivity index (χ3n) is 2.06. The number of hydrogen-bond donors (Lipinski definition) is 2. The molecule has 0 aliphatic carbocycles. The number of aliphatic hydroxyl groups is 1. The van der Waals surface area contributed by atoms with E-state index in [1.807, 2.05) is 38.1 Å². The molecule has 0 bridgehead atoms. The topological polar surface area (TPSA) is 55.5 Å². The first-order valence-corrected chi connectivity index (χ1v) is 5.26. The van der Waals surface area contributed by atoms with Crippen LogP contribution in [0.25, 0.3) is 0 Å². The van der Waals surface area contributed by atoms with Gasteiger partial charge in [0.15, 0.2) is 0 Å². The number of hydrogen-bond acceptors (Lipinski definition) is 3. The van der Waals surface area contributed by atoms with Gasteiger partial charge in [0.05, 0.1) is 12.2 Å². The number of rotatable bonds is 5. The molecule has 0 heterocycles. The molecule has 1 atom stereocenters. The fraction of sp³-hybridized carbons (Fsp3) is 0.500. The average molecular weight is 209 g/mol. The van der Waals surface area contributed by atoms with Crippen molar-refractivity contribution < 1.29 is 9.84 Å². The number of aliphatic hydroxyl groups excluding tert-OH is 1. The minimum atomic E-state index is -0.498. The van der Waals surface area contributed by atoms with Crippen molar-refractivity contribution in [1.82, 2.24) is 0 Å². The Kier molecular flexibility index (Phi) is 4.59. The van der Waals surface area contributed by atoms with Crippen molar-refractivity contribution in [3.8, 4) is 5.75 Å². The molecule has 0 aliphatic heterocycles. The van der Waals surface area contributed by atoms with Gasteiger partial charge in [-0.1, -0.05) is 18.2 Å². The molecule has 1 unspecified atom stereocenters. The van der Waals surface area contributed by atoms with Crippen molar-refractivity contribution >= 4 is 0 Å². The predicted molar refractivity (Wildman–Crippen MR) is 61.0 cm³/mol. The maximum Gasteiger partial charge on any atom is 0.122 e. The Morgan fingerprint density at radius 2 is 2.00 bits per heavy atom. The summed E-state index contributed by atoms with van der Waals surface area (Å²) in [4.78, 5) is 0. The van der Waals surface area contributed by atoms with E-state index in [4.69, 9.17) is 10.5 Å². The molecule has 84 valence electrons. The highest BCUT2D eigenvalue weighted by Crippen LogP contribution is 2.20. The van der Waals surface area contributed by atoms with E-state index in [1.165, 1.54) is 0 Å². The smallest absolute Gasteiger partial charge is 0.122 e. The Balaban J connectivity index is 2.76. The summed E-state index contributed by atoms with van der Waals surface area (Å²) >= 11 is 0. The predicted octanol–water partition coefficient (Wildman–Crippen LogP) is 1.34. The van der Waals surface area contributed by atoms with Gasteiger partial charge in [0, 0.05) is 13.0 Å². The summed E-state index contributed by atoms with van der Waals surface area (Å²) in [6.45, 7) is 4.24. The molecular formula is C12H19NO2. The van der Waals surface area contributed by atoms with Gasteiger partial charge < -0.3 is 15.6 Å². The van der Waals surface area contributed by atoms with Crippen molar-refractivity contribution in [2.24, 2.45) is 5.73 Å². The van der Waals surface area contributed by atoms with Gasteiger partial charge >= 0.3 is 0 Å². The van der Waals surface area contributed by atoms with Gasteiger partial charge in [0.1, 0.15) is 5.75 Å². The minimum Gasteiger partial charge on any atom is -0.491 e. The van der Waals surface area contributed by atoms with Gasteiger partial charge in [-0.3, -0.25) is 0 Å². The third-order valence-corrected chi connectivity index (χ3v) is 2.06. The van der Waals surface area contributed by atoms with Crippen LogP contribution in [-0.4, -0.2) is 23.9 Å². The van der Waals surface area contributed by atoms with Crippen LogP contribution in [0.3, 0.4) is 0 Å². The molecule has 0 radical (unpaired) electrons. The number of nitrogens with two attached hydrogens (primary N) is 1. The Morgan fingerprint density at radius 3 is 2.60 bits per heavy atom. The molecule has 3 nitrogen and oxygen atoms in total. The first-order valence-electron chi connectivity index (χ1n) is 5.26. The largest absolute Gasteiger partial charge is 0.491 e. The van der Waals surface area contributed by atoms with Crippen molar-refractivity contribution in [3.63, 3.8) is 0 Å². The fourth-order valence-electron chi connectivity index (χ4n) is 1.38. The lowest BCUT2D eigenvalue weighted by Gasteiger charge is -2.15. The first-order chi connectivity index (χ1) is 7.13. The lowest BCUT2D eigenvalue weighted by molar-refractivity contribution is 0.179. The summed E-state index contributed by atoms with van der Waals surface area (Å²) < 4.78 is 5.64. The minimum absolute atomic E-state index is 0.140. The van der Waals surface area contributed by atoms with Crippen molar-refractivity contribution in [3.05, 3.63) is 29.8 Å². The summed E-state index contributed by atoms with van der Waals surface area (Å²) in [5.74, 6) is 0.833. The molecule has 3 N–H and O–H groups in total. The van der Waals surface area contributed by atoms with Crippen molar-refractivity contribution in [2.75, 3.05) is 6.54 Å². The summed E-state index contributed by atoms with van der Waals surface area (Å²) in [5.41, 5.74) is 6.38. The van der Waals surface area contributed by atoms with Crippen LogP contribution in [-0.2, 0) is 6.42 Å². The summed E-state index contributed by atoms with van der Waals surface area (Å²) in [7, 11) is 0. The molecule has 0 aliphatic rings. The molecule has 1 aromatic rings. The molecule has 0 spiro atoms. The third kappa shape index (κ3) is 3.90. The number of para-hydroxylation sites is 1. The quantitative estimate of drug-likeness (QED) is 0.769. The highest BCUT2D eigenvalue weighted by Gasteiger charge is 2.09. The molecule has 1 rings (SSSR count). The Morgan fingerprint density at radius 1 is 1.33 bits per heavy atom. The van der Waals surface area contributed by atoms with E-state index in [2.05, 4.69) is 0 Å². The van der Waals surface area contributed by atoms with Crippen molar-refractivity contribution in [2.45, 2.75) is 32.5 Å². The summed E-state index contributed by atoms with van der Waals surface area (Å²) in [6.07, 6.45) is 0.183. The van der Waals surface area contributed by atoms with E-state index in [9.17, 15) is 5.11 Å². The van der Waals surface area contributed by atoms with E-state index in [1.54, 1.807) is 0 Å². The molecule has 0 amide bonds. The maximum atomic E-state index is 9.49. The zero-order valence-corrected chi connectivity index (χ0v) is 9.31. The van der Waals surface area contributed by atoms with E-state index < -0.39 is 6.10 Å². The second-order valence-electron chi connectivity index (χ2n) is 3.87. The standard InChI is InChI=1S/C12H19NO2/c1-9(2)15-12-6-4-3-5-10(12)7-11(14)8-13/h3-6,9,11,14H,7-8,13H2,1-2H3. The molecule has 0 aromatic heterocycles. The molecule has 3 heteroatoms. The lowest BCUT2D eigenvalue weighted by atomic mass is 10.1. The molecule has 15 heavy (non-hydrogen) atoms.